The van der Waals surface area contributed by atoms with Crippen LogP contribution < -0.4 is 10.0 Å². The van der Waals surface area contributed by atoms with Gasteiger partial charge in [0.25, 0.3) is 5.91 Å². The first-order chi connectivity index (χ1) is 14.3. The highest BCUT2D eigenvalue weighted by Crippen LogP contribution is 2.16. The fourth-order valence-corrected chi connectivity index (χ4v) is 4.34. The number of nitrogens with one attached hydrogen (secondary N) is 2. The molecule has 1 aliphatic heterocycles. The SMILES string of the molecule is CCCS(=O)(=O)Nc1cccc(C(=O)N2CCN(CC(=O)NCCCOC)CC2)c1. The maximum absolute atomic E-state index is 12.8. The van der Waals surface area contributed by atoms with Gasteiger partial charge in [-0.15, -0.1) is 0 Å². The molecule has 1 heterocycles. The molecule has 1 aromatic rings. The van der Waals surface area contributed by atoms with Gasteiger partial charge in [0.05, 0.1) is 12.3 Å². The molecule has 2 N–H and O–H groups in total. The summed E-state index contributed by atoms with van der Waals surface area (Å²) >= 11 is 0. The van der Waals surface area contributed by atoms with Crippen molar-refractivity contribution in [2.45, 2.75) is 19.8 Å². The van der Waals surface area contributed by atoms with Crippen molar-refractivity contribution in [3.8, 4) is 0 Å². The quantitative estimate of drug-likeness (QED) is 0.492. The Morgan fingerprint density at radius 1 is 1.17 bits per heavy atom. The van der Waals surface area contributed by atoms with E-state index < -0.39 is 10.0 Å². The minimum absolute atomic E-state index is 0.0297. The van der Waals surface area contributed by atoms with Crippen LogP contribution in [0, 0.1) is 0 Å². The van der Waals surface area contributed by atoms with Crippen molar-refractivity contribution in [3.63, 3.8) is 0 Å². The first kappa shape index (κ1) is 24.1. The molecular formula is C20H32N4O5S. The molecule has 0 unspecified atom stereocenters. The van der Waals surface area contributed by atoms with Crippen LogP contribution in [0.15, 0.2) is 24.3 Å². The number of ether oxygens (including phenoxy) is 1. The largest absolute Gasteiger partial charge is 0.385 e. The first-order valence-electron chi connectivity index (χ1n) is 10.2. The lowest BCUT2D eigenvalue weighted by atomic mass is 10.1. The molecule has 0 aliphatic carbocycles. The number of hydrogen-bond donors (Lipinski definition) is 2. The van der Waals surface area contributed by atoms with Crippen LogP contribution in [0.5, 0.6) is 0 Å². The van der Waals surface area contributed by atoms with Crippen LogP contribution in [0.4, 0.5) is 5.69 Å². The molecule has 30 heavy (non-hydrogen) atoms. The van der Waals surface area contributed by atoms with Crippen molar-refractivity contribution in [3.05, 3.63) is 29.8 Å². The summed E-state index contributed by atoms with van der Waals surface area (Å²) in [4.78, 5) is 28.5. The van der Waals surface area contributed by atoms with E-state index in [4.69, 9.17) is 4.74 Å². The van der Waals surface area contributed by atoms with Crippen molar-refractivity contribution < 1.29 is 22.7 Å². The standard InChI is InChI=1S/C20H32N4O5S/c1-3-14-30(27,28)22-18-7-4-6-17(15-18)20(26)24-11-9-23(10-12-24)16-19(25)21-8-5-13-29-2/h4,6-7,15,22H,3,5,8-14,16H2,1-2H3,(H,21,25). The zero-order valence-corrected chi connectivity index (χ0v) is 18.5. The highest BCUT2D eigenvalue weighted by molar-refractivity contribution is 7.92. The van der Waals surface area contributed by atoms with Crippen LogP contribution in [0.1, 0.15) is 30.1 Å². The predicted octanol–water partition coefficient (Wildman–Crippen LogP) is 0.749. The third-order valence-corrected chi connectivity index (χ3v) is 6.22. The molecule has 0 bridgehead atoms. The van der Waals surface area contributed by atoms with E-state index in [-0.39, 0.29) is 17.6 Å². The molecular weight excluding hydrogens is 408 g/mol. The Kier molecular flexibility index (Phi) is 9.54. The Bertz CT molecular complexity index is 807. The minimum Gasteiger partial charge on any atom is -0.385 e. The van der Waals surface area contributed by atoms with Gasteiger partial charge in [-0.25, -0.2) is 8.42 Å². The number of methoxy groups -OCH3 is 1. The maximum atomic E-state index is 12.8. The smallest absolute Gasteiger partial charge is 0.254 e. The third-order valence-electron chi connectivity index (χ3n) is 4.73. The van der Waals surface area contributed by atoms with Crippen LogP contribution in [0.3, 0.4) is 0 Å². The lowest BCUT2D eigenvalue weighted by molar-refractivity contribution is -0.122. The van der Waals surface area contributed by atoms with Gasteiger partial charge in [0.1, 0.15) is 0 Å². The molecule has 0 saturated carbocycles. The van der Waals surface area contributed by atoms with E-state index in [1.54, 1.807) is 43.2 Å². The van der Waals surface area contributed by atoms with Crippen molar-refractivity contribution in [1.82, 2.24) is 15.1 Å². The Morgan fingerprint density at radius 2 is 1.90 bits per heavy atom. The number of piperazine rings is 1. The van der Waals surface area contributed by atoms with Crippen LogP contribution in [0.25, 0.3) is 0 Å². The van der Waals surface area contributed by atoms with Gasteiger partial charge in [-0.3, -0.25) is 19.2 Å². The highest BCUT2D eigenvalue weighted by atomic mass is 32.2. The van der Waals surface area contributed by atoms with Crippen LogP contribution >= 0.6 is 0 Å². The zero-order valence-electron chi connectivity index (χ0n) is 17.7. The summed E-state index contributed by atoms with van der Waals surface area (Å²) < 4.78 is 31.4. The second-order valence-corrected chi connectivity index (χ2v) is 9.11. The van der Waals surface area contributed by atoms with E-state index in [0.717, 1.165) is 6.42 Å². The summed E-state index contributed by atoms with van der Waals surface area (Å²) in [5.74, 6) is -0.138. The predicted molar refractivity (Wildman–Crippen MR) is 116 cm³/mol. The molecule has 168 valence electrons. The molecule has 0 atom stereocenters. The topological polar surface area (TPSA) is 108 Å². The van der Waals surface area contributed by atoms with Crippen molar-refractivity contribution >= 4 is 27.5 Å². The van der Waals surface area contributed by atoms with E-state index >= 15 is 0 Å². The molecule has 1 aromatic carbocycles. The van der Waals surface area contributed by atoms with Crippen molar-refractivity contribution in [1.29, 1.82) is 0 Å². The number of nitrogens with zero attached hydrogens (tertiary/aromatic N) is 2. The fourth-order valence-electron chi connectivity index (χ4n) is 3.21. The van der Waals surface area contributed by atoms with Gasteiger partial charge in [-0.05, 0) is 31.0 Å². The van der Waals surface area contributed by atoms with Gasteiger partial charge >= 0.3 is 0 Å². The van der Waals surface area contributed by atoms with Gasteiger partial charge in [-0.1, -0.05) is 13.0 Å². The van der Waals surface area contributed by atoms with Crippen LogP contribution in [-0.2, 0) is 19.6 Å². The monoisotopic (exact) mass is 440 g/mol. The highest BCUT2D eigenvalue weighted by Gasteiger charge is 2.23. The normalized spacial score (nSPS) is 15.1. The molecule has 2 rings (SSSR count). The molecule has 1 fully saturated rings. The summed E-state index contributed by atoms with van der Waals surface area (Å²) in [6.45, 7) is 5.56. The number of benzene rings is 1. The van der Waals surface area contributed by atoms with Gasteiger partial charge in [0.15, 0.2) is 0 Å². The summed E-state index contributed by atoms with van der Waals surface area (Å²) in [5.41, 5.74) is 0.828. The van der Waals surface area contributed by atoms with E-state index in [1.807, 2.05) is 4.90 Å². The molecule has 0 radical (unpaired) electrons. The van der Waals surface area contributed by atoms with Crippen LogP contribution in [0.2, 0.25) is 0 Å². The summed E-state index contributed by atoms with van der Waals surface area (Å²) in [5, 5.41) is 2.86. The van der Waals surface area contributed by atoms with E-state index in [1.165, 1.54) is 0 Å². The van der Waals surface area contributed by atoms with E-state index in [0.29, 0.717) is 63.5 Å². The maximum Gasteiger partial charge on any atom is 0.254 e. The fraction of sp³-hybridized carbons (Fsp3) is 0.600. The Hall–Kier alpha value is -2.17. The average Bonchev–Trinajstić information content (AvgIpc) is 2.71. The first-order valence-corrected chi connectivity index (χ1v) is 11.9. The molecule has 9 nitrogen and oxygen atoms in total. The molecule has 1 saturated heterocycles. The minimum atomic E-state index is -3.41. The second-order valence-electron chi connectivity index (χ2n) is 7.27. The number of hydrogen-bond acceptors (Lipinski definition) is 6. The Balaban J connectivity index is 1.84. The molecule has 2 amide bonds. The lowest BCUT2D eigenvalue weighted by Crippen LogP contribution is -2.51. The molecule has 10 heteroatoms. The van der Waals surface area contributed by atoms with E-state index in [2.05, 4.69) is 10.0 Å². The third kappa shape index (κ3) is 7.92. The number of amides is 2. The van der Waals surface area contributed by atoms with Gasteiger partial charge in [-0.2, -0.15) is 0 Å². The zero-order chi connectivity index (χ0) is 22.0. The van der Waals surface area contributed by atoms with E-state index in [9.17, 15) is 18.0 Å². The van der Waals surface area contributed by atoms with Crippen molar-refractivity contribution in [2.75, 3.05) is 63.5 Å². The number of sulfonamides is 1. The molecule has 1 aliphatic rings. The number of rotatable bonds is 11. The number of anilines is 1. The average molecular weight is 441 g/mol. The Morgan fingerprint density at radius 3 is 2.57 bits per heavy atom. The van der Waals surface area contributed by atoms with Crippen LogP contribution in [-0.4, -0.2) is 88.8 Å². The summed E-state index contributed by atoms with van der Waals surface area (Å²) in [6.07, 6.45) is 1.29. The Labute approximate surface area is 178 Å². The van der Waals surface area contributed by atoms with Crippen molar-refractivity contribution in [2.24, 2.45) is 0 Å². The second kappa shape index (κ2) is 11.9. The molecule has 0 aromatic heterocycles. The van der Waals surface area contributed by atoms with Gasteiger partial charge in [0, 0.05) is 57.7 Å². The van der Waals surface area contributed by atoms with Gasteiger partial charge < -0.3 is 15.0 Å². The lowest BCUT2D eigenvalue weighted by Gasteiger charge is -2.34. The molecule has 0 spiro atoms. The van der Waals surface area contributed by atoms with Gasteiger partial charge in [0.2, 0.25) is 15.9 Å². The summed E-state index contributed by atoms with van der Waals surface area (Å²) in [6, 6.07) is 6.55. The number of carbonyl (C=O) groups is 2. The summed E-state index contributed by atoms with van der Waals surface area (Å²) in [7, 11) is -1.78. The number of carbonyl (C=O) groups excluding carboxylic acids is 2.